The van der Waals surface area contributed by atoms with Gasteiger partial charge in [0.25, 0.3) is 0 Å². The topological polar surface area (TPSA) is 93.8 Å². The fourth-order valence-electron chi connectivity index (χ4n) is 2.83. The molecule has 6 heteroatoms. The predicted octanol–water partition coefficient (Wildman–Crippen LogP) is 4.30. The van der Waals surface area contributed by atoms with Gasteiger partial charge in [0.1, 0.15) is 11.5 Å². The minimum atomic E-state index is -0.0526. The molecule has 3 N–H and O–H groups in total. The Morgan fingerprint density at radius 2 is 1.97 bits per heavy atom. The van der Waals surface area contributed by atoms with Crippen LogP contribution in [0.1, 0.15) is 47.1 Å². The molecule has 148 valence electrons. The summed E-state index contributed by atoms with van der Waals surface area (Å²) in [4.78, 5) is 25.2. The van der Waals surface area contributed by atoms with E-state index in [2.05, 4.69) is 33.3 Å². The van der Waals surface area contributed by atoms with Gasteiger partial charge in [-0.15, -0.1) is 0 Å². The Morgan fingerprint density at radius 1 is 1.10 bits per heavy atom. The number of benzene rings is 1. The molecule has 0 bridgehead atoms. The number of aromatic nitrogens is 3. The number of nitrogen functional groups attached to an aromatic ring is 1. The number of nitrogens with one attached hydrogen (secondary N) is 1. The van der Waals surface area contributed by atoms with Crippen molar-refractivity contribution in [3.05, 3.63) is 83.6 Å². The SMILES string of the molecule is CCC/C=C/c1cnc(C(=O)Cc2cccc(CNc3cccnc3N)c2)cn1. The molecule has 0 spiro atoms. The van der Waals surface area contributed by atoms with Gasteiger partial charge in [-0.2, -0.15) is 0 Å². The van der Waals surface area contributed by atoms with E-state index in [9.17, 15) is 4.79 Å². The number of anilines is 2. The Bertz CT molecular complexity index is 983. The van der Waals surface area contributed by atoms with Gasteiger partial charge in [-0.25, -0.2) is 9.97 Å². The number of rotatable bonds is 9. The molecule has 6 nitrogen and oxygen atoms in total. The van der Waals surface area contributed by atoms with Gasteiger partial charge < -0.3 is 11.1 Å². The average Bonchev–Trinajstić information content (AvgIpc) is 2.74. The summed E-state index contributed by atoms with van der Waals surface area (Å²) in [6, 6.07) is 11.6. The third kappa shape index (κ3) is 5.97. The molecule has 0 radical (unpaired) electrons. The Labute approximate surface area is 170 Å². The van der Waals surface area contributed by atoms with Gasteiger partial charge in [0.2, 0.25) is 0 Å². The van der Waals surface area contributed by atoms with Crippen molar-refractivity contribution in [1.82, 2.24) is 15.0 Å². The van der Waals surface area contributed by atoms with Gasteiger partial charge in [0.05, 0.1) is 23.8 Å². The maximum atomic E-state index is 12.6. The Hall–Kier alpha value is -3.54. The highest BCUT2D eigenvalue weighted by molar-refractivity contribution is 5.95. The summed E-state index contributed by atoms with van der Waals surface area (Å²) >= 11 is 0. The summed E-state index contributed by atoms with van der Waals surface area (Å²) in [5, 5.41) is 3.27. The highest BCUT2D eigenvalue weighted by Crippen LogP contribution is 2.16. The molecule has 3 aromatic rings. The van der Waals surface area contributed by atoms with Crippen LogP contribution in [0.5, 0.6) is 0 Å². The van der Waals surface area contributed by atoms with Crippen molar-refractivity contribution >= 4 is 23.4 Å². The van der Waals surface area contributed by atoms with Crippen LogP contribution in [0.2, 0.25) is 0 Å². The number of unbranched alkanes of at least 4 members (excludes halogenated alkanes) is 1. The highest BCUT2D eigenvalue weighted by Gasteiger charge is 2.10. The van der Waals surface area contributed by atoms with Crippen molar-refractivity contribution in [1.29, 1.82) is 0 Å². The van der Waals surface area contributed by atoms with Crippen LogP contribution in [0.15, 0.2) is 61.1 Å². The van der Waals surface area contributed by atoms with E-state index in [-0.39, 0.29) is 12.2 Å². The summed E-state index contributed by atoms with van der Waals surface area (Å²) in [6.45, 7) is 2.72. The van der Waals surface area contributed by atoms with Gasteiger partial charge in [-0.1, -0.05) is 43.7 Å². The number of allylic oxidation sites excluding steroid dienone is 1. The fraction of sp³-hybridized carbons (Fsp3) is 0.217. The molecule has 3 rings (SSSR count). The van der Waals surface area contributed by atoms with Crippen LogP contribution in [-0.2, 0) is 13.0 Å². The molecule has 1 aromatic carbocycles. The first-order valence-corrected chi connectivity index (χ1v) is 9.69. The summed E-state index contributed by atoms with van der Waals surface area (Å²) in [5.74, 6) is 0.411. The lowest BCUT2D eigenvalue weighted by atomic mass is 10.0. The third-order valence-corrected chi connectivity index (χ3v) is 4.38. The minimum absolute atomic E-state index is 0.0526. The molecule has 0 atom stereocenters. The molecule has 0 unspecified atom stereocenters. The number of nitrogens with zero attached hydrogens (tertiary/aromatic N) is 3. The van der Waals surface area contributed by atoms with E-state index >= 15 is 0 Å². The molecule has 29 heavy (non-hydrogen) atoms. The number of carbonyl (C=O) groups excluding carboxylic acids is 1. The third-order valence-electron chi connectivity index (χ3n) is 4.38. The van der Waals surface area contributed by atoms with Crippen molar-refractivity contribution in [2.75, 3.05) is 11.1 Å². The minimum Gasteiger partial charge on any atom is -0.382 e. The molecule has 0 aliphatic rings. The standard InChI is InChI=1S/C23H25N5O/c1-2-3-4-9-19-15-28-21(16-26-19)22(29)13-17-7-5-8-18(12-17)14-27-20-10-6-11-25-23(20)24/h4-12,15-16,27H,2-3,13-14H2,1H3,(H2,24,25)/b9-4+. The molecule has 0 aliphatic carbocycles. The fourth-order valence-corrected chi connectivity index (χ4v) is 2.83. The maximum absolute atomic E-state index is 12.6. The number of nitrogens with two attached hydrogens (primary N) is 1. The van der Waals surface area contributed by atoms with Gasteiger partial charge in [0, 0.05) is 19.2 Å². The van der Waals surface area contributed by atoms with Crippen molar-refractivity contribution in [2.24, 2.45) is 0 Å². The van der Waals surface area contributed by atoms with E-state index in [0.29, 0.717) is 18.1 Å². The molecule has 0 saturated heterocycles. The van der Waals surface area contributed by atoms with Crippen LogP contribution in [0, 0.1) is 0 Å². The molecule has 2 aromatic heterocycles. The van der Waals surface area contributed by atoms with E-state index < -0.39 is 0 Å². The first-order valence-electron chi connectivity index (χ1n) is 9.69. The largest absolute Gasteiger partial charge is 0.382 e. The number of hydrogen-bond donors (Lipinski definition) is 2. The second kappa shape index (κ2) is 10.1. The lowest BCUT2D eigenvalue weighted by Gasteiger charge is -2.09. The molecular formula is C23H25N5O. The zero-order valence-electron chi connectivity index (χ0n) is 16.5. The summed E-state index contributed by atoms with van der Waals surface area (Å²) in [7, 11) is 0. The van der Waals surface area contributed by atoms with Crippen LogP contribution in [0.3, 0.4) is 0 Å². The Morgan fingerprint density at radius 3 is 2.72 bits per heavy atom. The maximum Gasteiger partial charge on any atom is 0.187 e. The number of Topliss-reactive ketones (excluding diaryl/α,β-unsaturated/α-hetero) is 1. The number of pyridine rings is 1. The molecule has 0 saturated carbocycles. The quantitative estimate of drug-likeness (QED) is 0.532. The van der Waals surface area contributed by atoms with E-state index in [1.807, 2.05) is 42.5 Å². The van der Waals surface area contributed by atoms with E-state index in [4.69, 9.17) is 5.73 Å². The molecular weight excluding hydrogens is 362 g/mol. The molecule has 0 fully saturated rings. The second-order valence-electron chi connectivity index (χ2n) is 6.73. The Kier molecular flexibility index (Phi) is 7.05. The van der Waals surface area contributed by atoms with Crippen LogP contribution in [0.4, 0.5) is 11.5 Å². The van der Waals surface area contributed by atoms with E-state index in [1.54, 1.807) is 18.6 Å². The number of carbonyl (C=O) groups is 1. The van der Waals surface area contributed by atoms with E-state index in [0.717, 1.165) is 35.3 Å². The van der Waals surface area contributed by atoms with Crippen molar-refractivity contribution in [2.45, 2.75) is 32.7 Å². The van der Waals surface area contributed by atoms with Crippen LogP contribution < -0.4 is 11.1 Å². The molecule has 2 heterocycles. The second-order valence-corrected chi connectivity index (χ2v) is 6.73. The number of ketones is 1. The lowest BCUT2D eigenvalue weighted by molar-refractivity contribution is 0.0988. The first kappa shape index (κ1) is 20.2. The van der Waals surface area contributed by atoms with Crippen LogP contribution >= 0.6 is 0 Å². The molecule has 0 aliphatic heterocycles. The summed E-state index contributed by atoms with van der Waals surface area (Å²) in [6.07, 6.45) is 11.2. The zero-order chi connectivity index (χ0) is 20.5. The first-order chi connectivity index (χ1) is 14.2. The highest BCUT2D eigenvalue weighted by atomic mass is 16.1. The smallest absolute Gasteiger partial charge is 0.187 e. The van der Waals surface area contributed by atoms with E-state index in [1.165, 1.54) is 0 Å². The normalized spacial score (nSPS) is 10.9. The lowest BCUT2D eigenvalue weighted by Crippen LogP contribution is -2.08. The average molecular weight is 387 g/mol. The monoisotopic (exact) mass is 387 g/mol. The van der Waals surface area contributed by atoms with Crippen molar-refractivity contribution in [3.63, 3.8) is 0 Å². The summed E-state index contributed by atoms with van der Waals surface area (Å²) < 4.78 is 0. The van der Waals surface area contributed by atoms with Gasteiger partial charge in [-0.05, 0) is 35.8 Å². The van der Waals surface area contributed by atoms with Crippen LogP contribution in [-0.4, -0.2) is 20.7 Å². The van der Waals surface area contributed by atoms with Crippen molar-refractivity contribution in [3.8, 4) is 0 Å². The predicted molar refractivity (Wildman–Crippen MR) is 116 cm³/mol. The van der Waals surface area contributed by atoms with Crippen molar-refractivity contribution < 1.29 is 4.79 Å². The summed E-state index contributed by atoms with van der Waals surface area (Å²) in [5.41, 5.74) is 9.77. The number of hydrogen-bond acceptors (Lipinski definition) is 6. The molecule has 0 amide bonds. The Balaban J connectivity index is 1.60. The van der Waals surface area contributed by atoms with Gasteiger partial charge >= 0.3 is 0 Å². The van der Waals surface area contributed by atoms with Gasteiger partial charge in [0.15, 0.2) is 5.78 Å². The van der Waals surface area contributed by atoms with Crippen LogP contribution in [0.25, 0.3) is 6.08 Å². The zero-order valence-corrected chi connectivity index (χ0v) is 16.5. The van der Waals surface area contributed by atoms with Gasteiger partial charge in [-0.3, -0.25) is 9.78 Å².